The van der Waals surface area contributed by atoms with Crippen LogP contribution in [0.2, 0.25) is 0 Å². The molecule has 0 aliphatic heterocycles. The van der Waals surface area contributed by atoms with E-state index < -0.39 is 5.97 Å². The molecule has 0 saturated heterocycles. The minimum atomic E-state index is -1.04. The Balaban J connectivity index is 1.91. The van der Waals surface area contributed by atoms with Crippen molar-refractivity contribution in [3.63, 3.8) is 0 Å². The zero-order chi connectivity index (χ0) is 14.8. The topological polar surface area (TPSA) is 92.4 Å². The minimum absolute atomic E-state index is 0.102. The highest BCUT2D eigenvalue weighted by Gasteiger charge is 2.18. The highest BCUT2D eigenvalue weighted by Crippen LogP contribution is 2.18. The highest BCUT2D eigenvalue weighted by atomic mass is 16.4. The monoisotopic (exact) mass is 283 g/mol. The van der Waals surface area contributed by atoms with E-state index in [0.717, 1.165) is 5.69 Å². The van der Waals surface area contributed by atoms with Gasteiger partial charge < -0.3 is 10.4 Å². The van der Waals surface area contributed by atoms with Crippen LogP contribution in [-0.2, 0) is 6.54 Å². The number of hydrogen-bond acceptors (Lipinski definition) is 5. The number of rotatable bonds is 4. The van der Waals surface area contributed by atoms with E-state index in [0.29, 0.717) is 23.7 Å². The fourth-order valence-electron chi connectivity index (χ4n) is 2.01. The quantitative estimate of drug-likeness (QED) is 0.757. The third kappa shape index (κ3) is 2.53. The number of fused-ring (bicyclic) bond motifs is 1. The largest absolute Gasteiger partial charge is 0.476 e. The minimum Gasteiger partial charge on any atom is -0.476 e. The summed E-state index contributed by atoms with van der Waals surface area (Å²) in [4.78, 5) is 24.1. The number of anilines is 1. The van der Waals surface area contributed by atoms with Crippen LogP contribution < -0.4 is 5.32 Å². The van der Waals surface area contributed by atoms with Gasteiger partial charge in [-0.25, -0.2) is 9.78 Å². The molecule has 0 amide bonds. The first kappa shape index (κ1) is 13.0. The highest BCUT2D eigenvalue weighted by molar-refractivity contribution is 5.92. The molecule has 7 heteroatoms. The van der Waals surface area contributed by atoms with Crippen LogP contribution in [0.25, 0.3) is 5.65 Å². The molecule has 3 rings (SSSR count). The second-order valence-electron chi connectivity index (χ2n) is 4.55. The summed E-state index contributed by atoms with van der Waals surface area (Å²) in [5, 5.41) is 12.4. The van der Waals surface area contributed by atoms with Crippen molar-refractivity contribution >= 4 is 17.4 Å². The maximum absolute atomic E-state index is 11.4. The lowest BCUT2D eigenvalue weighted by Crippen LogP contribution is -2.09. The number of nitrogens with one attached hydrogen (secondary N) is 1. The summed E-state index contributed by atoms with van der Waals surface area (Å²) in [7, 11) is 0. The molecule has 0 aliphatic rings. The lowest BCUT2D eigenvalue weighted by molar-refractivity contribution is 0.0690. The molecule has 0 saturated carbocycles. The van der Waals surface area contributed by atoms with Gasteiger partial charge >= 0.3 is 5.97 Å². The van der Waals surface area contributed by atoms with Gasteiger partial charge in [0.2, 0.25) is 0 Å². The van der Waals surface area contributed by atoms with Crippen molar-refractivity contribution in [2.24, 2.45) is 0 Å². The zero-order valence-electron chi connectivity index (χ0n) is 11.3. The van der Waals surface area contributed by atoms with Crippen LogP contribution in [-0.4, -0.2) is 30.4 Å². The van der Waals surface area contributed by atoms with E-state index in [-0.39, 0.29) is 5.69 Å². The summed E-state index contributed by atoms with van der Waals surface area (Å²) in [5.74, 6) is -0.720. The summed E-state index contributed by atoms with van der Waals surface area (Å²) in [5.41, 5.74) is 2.23. The number of aromatic nitrogens is 4. The molecule has 0 radical (unpaired) electrons. The molecular formula is C14H13N5O2. The zero-order valence-corrected chi connectivity index (χ0v) is 11.3. The van der Waals surface area contributed by atoms with Gasteiger partial charge in [0.1, 0.15) is 5.65 Å². The number of pyridine rings is 1. The standard InChI is InChI=1S/C14H13N5O2/c1-9-6-16-10(7-15-9)8-17-13-12(14(20)21)19-5-3-2-4-11(19)18-13/h2-7,17H,8H2,1H3,(H,20,21). The fraction of sp³-hybridized carbons (Fsp3) is 0.143. The molecule has 0 unspecified atom stereocenters. The first-order valence-corrected chi connectivity index (χ1v) is 6.37. The predicted octanol–water partition coefficient (Wildman–Crippen LogP) is 1.74. The van der Waals surface area contributed by atoms with Crippen molar-refractivity contribution in [1.82, 2.24) is 19.4 Å². The number of hydrogen-bond donors (Lipinski definition) is 2. The summed E-state index contributed by atoms with van der Waals surface area (Å²) in [6.45, 7) is 2.21. The maximum Gasteiger partial charge on any atom is 0.356 e. The molecule has 3 aromatic rings. The Bertz CT molecular complexity index is 795. The third-order valence-electron chi connectivity index (χ3n) is 3.00. The van der Waals surface area contributed by atoms with Crippen LogP contribution in [0.4, 0.5) is 5.82 Å². The predicted molar refractivity (Wildman–Crippen MR) is 76.2 cm³/mol. The molecule has 0 spiro atoms. The van der Waals surface area contributed by atoms with Crippen LogP contribution in [0.15, 0.2) is 36.8 Å². The summed E-state index contributed by atoms with van der Waals surface area (Å²) >= 11 is 0. The number of carboxylic acid groups (broad SMARTS) is 1. The number of aromatic carboxylic acids is 1. The summed E-state index contributed by atoms with van der Waals surface area (Å²) < 4.78 is 1.53. The van der Waals surface area contributed by atoms with Gasteiger partial charge in [0.05, 0.1) is 24.1 Å². The van der Waals surface area contributed by atoms with Gasteiger partial charge in [-0.3, -0.25) is 14.4 Å². The molecule has 0 aromatic carbocycles. The van der Waals surface area contributed by atoms with Gasteiger partial charge in [0.15, 0.2) is 11.5 Å². The SMILES string of the molecule is Cc1cnc(CNc2nc3ccccn3c2C(=O)O)cn1. The van der Waals surface area contributed by atoms with Crippen LogP contribution in [0, 0.1) is 6.92 Å². The van der Waals surface area contributed by atoms with Crippen molar-refractivity contribution in [2.75, 3.05) is 5.32 Å². The molecule has 2 N–H and O–H groups in total. The average molecular weight is 283 g/mol. The molecule has 7 nitrogen and oxygen atoms in total. The van der Waals surface area contributed by atoms with E-state index >= 15 is 0 Å². The van der Waals surface area contributed by atoms with E-state index in [1.807, 2.05) is 13.0 Å². The Labute approximate surface area is 120 Å². The molecule has 21 heavy (non-hydrogen) atoms. The van der Waals surface area contributed by atoms with Gasteiger partial charge in [-0.15, -0.1) is 0 Å². The second-order valence-corrected chi connectivity index (χ2v) is 4.55. The van der Waals surface area contributed by atoms with Crippen molar-refractivity contribution < 1.29 is 9.90 Å². The fourth-order valence-corrected chi connectivity index (χ4v) is 2.01. The van der Waals surface area contributed by atoms with E-state index in [1.165, 1.54) is 4.40 Å². The molecular weight excluding hydrogens is 270 g/mol. The number of imidazole rings is 1. The van der Waals surface area contributed by atoms with Gasteiger partial charge in [0, 0.05) is 12.4 Å². The van der Waals surface area contributed by atoms with Crippen LogP contribution in [0.1, 0.15) is 21.9 Å². The Morgan fingerprint density at radius 2 is 2.19 bits per heavy atom. The number of nitrogens with zero attached hydrogens (tertiary/aromatic N) is 4. The van der Waals surface area contributed by atoms with Crippen molar-refractivity contribution in [3.8, 4) is 0 Å². The maximum atomic E-state index is 11.4. The molecule has 0 atom stereocenters. The molecule has 106 valence electrons. The lowest BCUT2D eigenvalue weighted by Gasteiger charge is -2.04. The molecule has 3 heterocycles. The number of carboxylic acids is 1. The first-order valence-electron chi connectivity index (χ1n) is 6.37. The summed E-state index contributed by atoms with van der Waals surface area (Å²) in [6, 6.07) is 5.32. The molecule has 0 aliphatic carbocycles. The van der Waals surface area contributed by atoms with Crippen LogP contribution >= 0.6 is 0 Å². The van der Waals surface area contributed by atoms with Crippen molar-refractivity contribution in [1.29, 1.82) is 0 Å². The van der Waals surface area contributed by atoms with Crippen molar-refractivity contribution in [2.45, 2.75) is 13.5 Å². The van der Waals surface area contributed by atoms with Gasteiger partial charge in [-0.05, 0) is 19.1 Å². The van der Waals surface area contributed by atoms with Crippen molar-refractivity contribution in [3.05, 3.63) is 53.9 Å². The van der Waals surface area contributed by atoms with E-state index in [9.17, 15) is 9.90 Å². The number of aryl methyl sites for hydroxylation is 1. The van der Waals surface area contributed by atoms with Crippen LogP contribution in [0.3, 0.4) is 0 Å². The van der Waals surface area contributed by atoms with E-state index in [2.05, 4.69) is 20.3 Å². The smallest absolute Gasteiger partial charge is 0.356 e. The van der Waals surface area contributed by atoms with Gasteiger partial charge in [-0.1, -0.05) is 6.07 Å². The normalized spacial score (nSPS) is 10.7. The second kappa shape index (κ2) is 5.20. The lowest BCUT2D eigenvalue weighted by atomic mass is 10.4. The molecule has 0 bridgehead atoms. The number of carbonyl (C=O) groups is 1. The molecule has 3 aromatic heterocycles. The van der Waals surface area contributed by atoms with Crippen LogP contribution in [0.5, 0.6) is 0 Å². The first-order chi connectivity index (χ1) is 10.1. The van der Waals surface area contributed by atoms with Gasteiger partial charge in [-0.2, -0.15) is 0 Å². The Kier molecular flexibility index (Phi) is 3.23. The Morgan fingerprint density at radius 1 is 1.33 bits per heavy atom. The molecule has 0 fully saturated rings. The third-order valence-corrected chi connectivity index (χ3v) is 3.00. The Morgan fingerprint density at radius 3 is 2.90 bits per heavy atom. The van der Waals surface area contributed by atoms with E-state index in [4.69, 9.17) is 0 Å². The van der Waals surface area contributed by atoms with Gasteiger partial charge in [0.25, 0.3) is 0 Å². The summed E-state index contributed by atoms with van der Waals surface area (Å²) in [6.07, 6.45) is 4.99. The van der Waals surface area contributed by atoms with E-state index in [1.54, 1.807) is 30.7 Å². The average Bonchev–Trinajstić information content (AvgIpc) is 2.85. The Hall–Kier alpha value is -2.96.